The van der Waals surface area contributed by atoms with Crippen LogP contribution >= 0.6 is 0 Å². The van der Waals surface area contributed by atoms with Crippen LogP contribution in [0.15, 0.2) is 6.07 Å². The van der Waals surface area contributed by atoms with E-state index in [2.05, 4.69) is 20.7 Å². The molecule has 0 fully saturated rings. The van der Waals surface area contributed by atoms with E-state index in [0.29, 0.717) is 24.0 Å². The van der Waals surface area contributed by atoms with Crippen LogP contribution in [0.25, 0.3) is 0 Å². The minimum Gasteiger partial charge on any atom is -0.389 e. The highest BCUT2D eigenvalue weighted by molar-refractivity contribution is 5.47. The highest BCUT2D eigenvalue weighted by atomic mass is 16.3. The van der Waals surface area contributed by atoms with Crippen LogP contribution in [0.5, 0.6) is 0 Å². The predicted molar refractivity (Wildman–Crippen MR) is 64.0 cm³/mol. The van der Waals surface area contributed by atoms with Crippen molar-refractivity contribution in [3.05, 3.63) is 11.9 Å². The minimum atomic E-state index is -0.784. The SMILES string of the molecule is CCc1nc(NN)cc(NCC(C)(C)O)n1. The fourth-order valence-electron chi connectivity index (χ4n) is 1.13. The number of aryl methyl sites for hydroxylation is 1. The largest absolute Gasteiger partial charge is 0.389 e. The number of nitrogens with one attached hydrogen (secondary N) is 2. The van der Waals surface area contributed by atoms with Crippen molar-refractivity contribution in [3.8, 4) is 0 Å². The maximum absolute atomic E-state index is 9.59. The van der Waals surface area contributed by atoms with Crippen molar-refractivity contribution in [1.29, 1.82) is 0 Å². The summed E-state index contributed by atoms with van der Waals surface area (Å²) in [6.45, 7) is 5.83. The van der Waals surface area contributed by atoms with E-state index in [0.717, 1.165) is 6.42 Å². The number of hydrazine groups is 1. The molecule has 0 aromatic carbocycles. The molecule has 1 rings (SSSR count). The number of anilines is 2. The summed E-state index contributed by atoms with van der Waals surface area (Å²) in [5, 5.41) is 12.6. The number of aromatic nitrogens is 2. The molecule has 0 aliphatic rings. The Bertz CT molecular complexity index is 325. The number of nitrogen functional groups attached to an aromatic ring is 1. The predicted octanol–water partition coefficient (Wildman–Crippen LogP) is 0.507. The fourth-order valence-corrected chi connectivity index (χ4v) is 1.13. The number of aliphatic hydroxyl groups is 1. The van der Waals surface area contributed by atoms with Crippen molar-refractivity contribution in [1.82, 2.24) is 9.97 Å². The molecule has 1 aromatic heterocycles. The summed E-state index contributed by atoms with van der Waals surface area (Å²) in [5.41, 5.74) is 1.70. The van der Waals surface area contributed by atoms with Gasteiger partial charge in [-0.3, -0.25) is 0 Å². The van der Waals surface area contributed by atoms with E-state index in [9.17, 15) is 5.11 Å². The molecule has 0 unspecified atom stereocenters. The molecule has 0 spiro atoms. The van der Waals surface area contributed by atoms with Crippen LogP contribution in [0.3, 0.4) is 0 Å². The van der Waals surface area contributed by atoms with Gasteiger partial charge in [0.15, 0.2) is 0 Å². The number of nitrogens with zero attached hydrogens (tertiary/aromatic N) is 2. The molecule has 0 saturated heterocycles. The zero-order valence-electron chi connectivity index (χ0n) is 9.91. The molecule has 0 radical (unpaired) electrons. The van der Waals surface area contributed by atoms with E-state index in [1.807, 2.05) is 6.92 Å². The molecule has 0 aliphatic carbocycles. The number of rotatable bonds is 5. The van der Waals surface area contributed by atoms with Gasteiger partial charge in [0.25, 0.3) is 0 Å². The van der Waals surface area contributed by atoms with Gasteiger partial charge in [0.1, 0.15) is 17.5 Å². The number of nitrogens with two attached hydrogens (primary N) is 1. The Hall–Kier alpha value is -1.40. The normalized spacial score (nSPS) is 11.3. The van der Waals surface area contributed by atoms with Crippen LogP contribution in [0, 0.1) is 0 Å². The first-order valence-corrected chi connectivity index (χ1v) is 5.25. The van der Waals surface area contributed by atoms with Crippen LogP contribution < -0.4 is 16.6 Å². The van der Waals surface area contributed by atoms with Crippen LogP contribution in [0.4, 0.5) is 11.6 Å². The third kappa shape index (κ3) is 4.00. The van der Waals surface area contributed by atoms with E-state index < -0.39 is 5.60 Å². The molecule has 0 saturated carbocycles. The number of hydrogen-bond acceptors (Lipinski definition) is 6. The lowest BCUT2D eigenvalue weighted by molar-refractivity contribution is 0.0944. The Morgan fingerprint density at radius 3 is 2.50 bits per heavy atom. The molecule has 16 heavy (non-hydrogen) atoms. The van der Waals surface area contributed by atoms with Gasteiger partial charge in [-0.05, 0) is 13.8 Å². The molecule has 90 valence electrons. The standard InChI is InChI=1S/C10H19N5O/c1-4-7-13-8(5-9(14-7)15-11)12-6-10(2,3)16/h5,16H,4,6,11H2,1-3H3,(H2,12,13,14,15). The van der Waals surface area contributed by atoms with Gasteiger partial charge in [-0.25, -0.2) is 15.8 Å². The first kappa shape index (κ1) is 12.7. The first-order valence-electron chi connectivity index (χ1n) is 5.25. The quantitative estimate of drug-likeness (QED) is 0.430. The Morgan fingerprint density at radius 1 is 1.38 bits per heavy atom. The van der Waals surface area contributed by atoms with Gasteiger partial charge < -0.3 is 15.8 Å². The van der Waals surface area contributed by atoms with Crippen molar-refractivity contribution in [3.63, 3.8) is 0 Å². The molecule has 6 nitrogen and oxygen atoms in total. The molecule has 6 heteroatoms. The average Bonchev–Trinajstić information content (AvgIpc) is 2.25. The van der Waals surface area contributed by atoms with Gasteiger partial charge >= 0.3 is 0 Å². The summed E-state index contributed by atoms with van der Waals surface area (Å²) < 4.78 is 0. The van der Waals surface area contributed by atoms with E-state index >= 15 is 0 Å². The Morgan fingerprint density at radius 2 is 2.00 bits per heavy atom. The third-order valence-corrected chi connectivity index (χ3v) is 1.94. The molecular formula is C10H19N5O. The maximum Gasteiger partial charge on any atom is 0.145 e. The smallest absolute Gasteiger partial charge is 0.145 e. The van der Waals surface area contributed by atoms with E-state index in [1.165, 1.54) is 0 Å². The molecule has 1 heterocycles. The minimum absolute atomic E-state index is 0.414. The summed E-state index contributed by atoms with van der Waals surface area (Å²) in [4.78, 5) is 8.44. The molecule has 0 atom stereocenters. The van der Waals surface area contributed by atoms with Gasteiger partial charge in [-0.1, -0.05) is 6.92 Å². The monoisotopic (exact) mass is 225 g/mol. The van der Waals surface area contributed by atoms with E-state index in [-0.39, 0.29) is 0 Å². The summed E-state index contributed by atoms with van der Waals surface area (Å²) in [7, 11) is 0. The molecule has 5 N–H and O–H groups in total. The summed E-state index contributed by atoms with van der Waals surface area (Å²) in [6.07, 6.45) is 0.729. The second-order valence-electron chi connectivity index (χ2n) is 4.22. The maximum atomic E-state index is 9.59. The van der Waals surface area contributed by atoms with Crippen LogP contribution in [-0.2, 0) is 6.42 Å². The Kier molecular flexibility index (Phi) is 4.03. The van der Waals surface area contributed by atoms with E-state index in [1.54, 1.807) is 19.9 Å². The van der Waals surface area contributed by atoms with Gasteiger partial charge in [-0.2, -0.15) is 0 Å². The van der Waals surface area contributed by atoms with Gasteiger partial charge in [0.2, 0.25) is 0 Å². The lowest BCUT2D eigenvalue weighted by Crippen LogP contribution is -2.29. The average molecular weight is 225 g/mol. The second kappa shape index (κ2) is 5.09. The van der Waals surface area contributed by atoms with Crippen molar-refractivity contribution < 1.29 is 5.11 Å². The van der Waals surface area contributed by atoms with Gasteiger partial charge in [0.05, 0.1) is 5.60 Å². The summed E-state index contributed by atoms with van der Waals surface area (Å²) in [6, 6.07) is 1.70. The lowest BCUT2D eigenvalue weighted by atomic mass is 10.1. The Balaban J connectivity index is 2.79. The number of hydrogen-bond donors (Lipinski definition) is 4. The molecule has 1 aromatic rings. The molecular weight excluding hydrogens is 206 g/mol. The van der Waals surface area contributed by atoms with Gasteiger partial charge in [-0.15, -0.1) is 0 Å². The topological polar surface area (TPSA) is 96.1 Å². The first-order chi connectivity index (χ1) is 7.44. The van der Waals surface area contributed by atoms with Crippen LogP contribution in [0.1, 0.15) is 26.6 Å². The van der Waals surface area contributed by atoms with Crippen molar-refractivity contribution in [2.75, 3.05) is 17.3 Å². The molecule has 0 amide bonds. The fraction of sp³-hybridized carbons (Fsp3) is 0.600. The van der Waals surface area contributed by atoms with Crippen molar-refractivity contribution in [2.24, 2.45) is 5.84 Å². The summed E-state index contributed by atoms with van der Waals surface area (Å²) >= 11 is 0. The van der Waals surface area contributed by atoms with Crippen molar-refractivity contribution >= 4 is 11.6 Å². The molecule has 0 aliphatic heterocycles. The molecule has 0 bridgehead atoms. The Labute approximate surface area is 95.3 Å². The van der Waals surface area contributed by atoms with Crippen LogP contribution in [-0.4, -0.2) is 27.2 Å². The zero-order valence-corrected chi connectivity index (χ0v) is 9.91. The van der Waals surface area contributed by atoms with E-state index in [4.69, 9.17) is 5.84 Å². The second-order valence-corrected chi connectivity index (χ2v) is 4.22. The van der Waals surface area contributed by atoms with Crippen LogP contribution in [0.2, 0.25) is 0 Å². The van der Waals surface area contributed by atoms with Crippen molar-refractivity contribution in [2.45, 2.75) is 32.8 Å². The third-order valence-electron chi connectivity index (χ3n) is 1.94. The zero-order chi connectivity index (χ0) is 12.2. The summed E-state index contributed by atoms with van der Waals surface area (Å²) in [5.74, 6) is 7.22. The van der Waals surface area contributed by atoms with Gasteiger partial charge in [0, 0.05) is 19.0 Å². The highest BCUT2D eigenvalue weighted by Gasteiger charge is 2.12. The lowest BCUT2D eigenvalue weighted by Gasteiger charge is -2.18. The highest BCUT2D eigenvalue weighted by Crippen LogP contribution is 2.12.